The van der Waals surface area contributed by atoms with Gasteiger partial charge >= 0.3 is 0 Å². The number of ether oxygens (including phenoxy) is 1. The van der Waals surface area contributed by atoms with E-state index in [2.05, 4.69) is 5.32 Å². The summed E-state index contributed by atoms with van der Waals surface area (Å²) in [6.07, 6.45) is 0. The highest BCUT2D eigenvalue weighted by atomic mass is 16.5. The molecule has 0 spiro atoms. The molecule has 82 valence electrons. The van der Waals surface area contributed by atoms with Crippen molar-refractivity contribution in [2.24, 2.45) is 0 Å². The van der Waals surface area contributed by atoms with E-state index in [1.807, 2.05) is 32.0 Å². The highest BCUT2D eigenvalue weighted by molar-refractivity contribution is 5.72. The van der Waals surface area contributed by atoms with E-state index in [-0.39, 0.29) is 5.91 Å². The van der Waals surface area contributed by atoms with Gasteiger partial charge in [-0.1, -0.05) is 12.1 Å². The first-order valence-electron chi connectivity index (χ1n) is 5.10. The maximum atomic E-state index is 10.7. The van der Waals surface area contributed by atoms with Gasteiger partial charge in [-0.05, 0) is 31.0 Å². The average molecular weight is 207 g/mol. The minimum Gasteiger partial charge on any atom is -0.494 e. The number of hydrogen-bond donors (Lipinski definition) is 1. The van der Waals surface area contributed by atoms with Crippen molar-refractivity contribution in [3.05, 3.63) is 29.3 Å². The Labute approximate surface area is 90.4 Å². The summed E-state index contributed by atoms with van der Waals surface area (Å²) in [5.74, 6) is 0.894. The molecule has 0 radical (unpaired) electrons. The van der Waals surface area contributed by atoms with E-state index in [1.165, 1.54) is 6.92 Å². The predicted molar refractivity (Wildman–Crippen MR) is 59.9 cm³/mol. The second-order valence-corrected chi connectivity index (χ2v) is 3.44. The van der Waals surface area contributed by atoms with E-state index in [4.69, 9.17) is 4.74 Å². The van der Waals surface area contributed by atoms with E-state index >= 15 is 0 Å². The lowest BCUT2D eigenvalue weighted by molar-refractivity contribution is -0.119. The SMILES string of the molecule is CCOc1ccc(CNC(C)=O)cc1C. The summed E-state index contributed by atoms with van der Waals surface area (Å²) in [5, 5.41) is 2.76. The van der Waals surface area contributed by atoms with E-state index in [0.29, 0.717) is 13.2 Å². The van der Waals surface area contributed by atoms with Crippen molar-refractivity contribution < 1.29 is 9.53 Å². The number of amides is 1. The van der Waals surface area contributed by atoms with Gasteiger partial charge in [0, 0.05) is 13.5 Å². The van der Waals surface area contributed by atoms with Crippen LogP contribution in [0.1, 0.15) is 25.0 Å². The number of aryl methyl sites for hydroxylation is 1. The van der Waals surface area contributed by atoms with Crippen LogP contribution in [0, 0.1) is 6.92 Å². The van der Waals surface area contributed by atoms with Crippen molar-refractivity contribution in [1.82, 2.24) is 5.32 Å². The molecule has 0 saturated heterocycles. The van der Waals surface area contributed by atoms with Crippen LogP contribution >= 0.6 is 0 Å². The van der Waals surface area contributed by atoms with Crippen LogP contribution in [0.4, 0.5) is 0 Å². The zero-order chi connectivity index (χ0) is 11.3. The number of hydrogen-bond acceptors (Lipinski definition) is 2. The van der Waals surface area contributed by atoms with Crippen LogP contribution in [-0.2, 0) is 11.3 Å². The van der Waals surface area contributed by atoms with Gasteiger partial charge in [0.05, 0.1) is 6.61 Å². The van der Waals surface area contributed by atoms with Crippen LogP contribution in [0.5, 0.6) is 5.75 Å². The van der Waals surface area contributed by atoms with Crippen molar-refractivity contribution in [1.29, 1.82) is 0 Å². The summed E-state index contributed by atoms with van der Waals surface area (Å²) in [6.45, 7) is 6.72. The van der Waals surface area contributed by atoms with Gasteiger partial charge in [-0.3, -0.25) is 4.79 Å². The molecule has 0 fully saturated rings. The summed E-state index contributed by atoms with van der Waals surface area (Å²) in [7, 11) is 0. The molecule has 0 unspecified atom stereocenters. The van der Waals surface area contributed by atoms with Crippen LogP contribution in [0.15, 0.2) is 18.2 Å². The number of carbonyl (C=O) groups is 1. The van der Waals surface area contributed by atoms with Crippen molar-refractivity contribution in [2.75, 3.05) is 6.61 Å². The molecule has 0 atom stereocenters. The number of rotatable bonds is 4. The Hall–Kier alpha value is -1.51. The zero-order valence-corrected chi connectivity index (χ0v) is 9.46. The first kappa shape index (κ1) is 11.6. The Morgan fingerprint density at radius 3 is 2.73 bits per heavy atom. The Bertz CT molecular complexity index is 347. The quantitative estimate of drug-likeness (QED) is 0.820. The molecule has 0 saturated carbocycles. The summed E-state index contributed by atoms with van der Waals surface area (Å²) in [6, 6.07) is 5.94. The highest BCUT2D eigenvalue weighted by Gasteiger charge is 2.00. The first-order valence-corrected chi connectivity index (χ1v) is 5.10. The molecule has 0 aliphatic carbocycles. The molecular formula is C12H17NO2. The maximum Gasteiger partial charge on any atom is 0.217 e. The van der Waals surface area contributed by atoms with Crippen LogP contribution in [0.25, 0.3) is 0 Å². The lowest BCUT2D eigenvalue weighted by atomic mass is 10.1. The van der Waals surface area contributed by atoms with Crippen molar-refractivity contribution in [2.45, 2.75) is 27.3 Å². The molecule has 0 aromatic heterocycles. The fourth-order valence-corrected chi connectivity index (χ4v) is 1.37. The normalized spacial score (nSPS) is 9.80. The molecule has 3 heteroatoms. The van der Waals surface area contributed by atoms with Crippen LogP contribution in [0.2, 0.25) is 0 Å². The van der Waals surface area contributed by atoms with Crippen LogP contribution in [0.3, 0.4) is 0 Å². The van der Waals surface area contributed by atoms with E-state index in [0.717, 1.165) is 16.9 Å². The van der Waals surface area contributed by atoms with Gasteiger partial charge in [0.1, 0.15) is 5.75 Å². The average Bonchev–Trinajstić information content (AvgIpc) is 2.19. The summed E-state index contributed by atoms with van der Waals surface area (Å²) in [4.78, 5) is 10.7. The summed E-state index contributed by atoms with van der Waals surface area (Å²) < 4.78 is 5.43. The lowest BCUT2D eigenvalue weighted by Gasteiger charge is -2.09. The van der Waals surface area contributed by atoms with Gasteiger partial charge in [-0.15, -0.1) is 0 Å². The first-order chi connectivity index (χ1) is 7.13. The third-order valence-electron chi connectivity index (χ3n) is 2.08. The molecule has 1 N–H and O–H groups in total. The molecule has 1 aromatic rings. The topological polar surface area (TPSA) is 38.3 Å². The molecule has 1 amide bonds. The minimum absolute atomic E-state index is 0.0125. The molecule has 1 aromatic carbocycles. The molecule has 0 aliphatic rings. The molecular weight excluding hydrogens is 190 g/mol. The van der Waals surface area contributed by atoms with Gasteiger partial charge in [0.15, 0.2) is 0 Å². The van der Waals surface area contributed by atoms with Crippen LogP contribution < -0.4 is 10.1 Å². The minimum atomic E-state index is -0.0125. The van der Waals surface area contributed by atoms with Crippen LogP contribution in [-0.4, -0.2) is 12.5 Å². The van der Waals surface area contributed by atoms with Gasteiger partial charge in [0.25, 0.3) is 0 Å². The largest absolute Gasteiger partial charge is 0.494 e. The highest BCUT2D eigenvalue weighted by Crippen LogP contribution is 2.18. The number of carbonyl (C=O) groups excluding carboxylic acids is 1. The van der Waals surface area contributed by atoms with Gasteiger partial charge in [0.2, 0.25) is 5.91 Å². The Morgan fingerprint density at radius 2 is 2.20 bits per heavy atom. The Morgan fingerprint density at radius 1 is 1.47 bits per heavy atom. The van der Waals surface area contributed by atoms with Crippen molar-refractivity contribution in [3.8, 4) is 5.75 Å². The monoisotopic (exact) mass is 207 g/mol. The van der Waals surface area contributed by atoms with Crippen molar-refractivity contribution >= 4 is 5.91 Å². The second kappa shape index (κ2) is 5.39. The molecule has 15 heavy (non-hydrogen) atoms. The smallest absolute Gasteiger partial charge is 0.217 e. The van der Waals surface area contributed by atoms with E-state index in [1.54, 1.807) is 0 Å². The molecule has 0 heterocycles. The van der Waals surface area contributed by atoms with Gasteiger partial charge in [-0.25, -0.2) is 0 Å². The Balaban J connectivity index is 2.68. The number of benzene rings is 1. The van der Waals surface area contributed by atoms with E-state index in [9.17, 15) is 4.79 Å². The maximum absolute atomic E-state index is 10.7. The van der Waals surface area contributed by atoms with Gasteiger partial charge in [-0.2, -0.15) is 0 Å². The molecule has 3 nitrogen and oxygen atoms in total. The van der Waals surface area contributed by atoms with Gasteiger partial charge < -0.3 is 10.1 Å². The molecule has 0 aliphatic heterocycles. The van der Waals surface area contributed by atoms with Crippen molar-refractivity contribution in [3.63, 3.8) is 0 Å². The zero-order valence-electron chi connectivity index (χ0n) is 9.46. The fourth-order valence-electron chi connectivity index (χ4n) is 1.37. The molecule has 1 rings (SSSR count). The Kier molecular flexibility index (Phi) is 4.16. The summed E-state index contributed by atoms with van der Waals surface area (Å²) in [5.41, 5.74) is 2.19. The number of nitrogens with one attached hydrogen (secondary N) is 1. The second-order valence-electron chi connectivity index (χ2n) is 3.44. The third-order valence-corrected chi connectivity index (χ3v) is 2.08. The molecule has 0 bridgehead atoms. The standard InChI is InChI=1S/C12H17NO2/c1-4-15-12-6-5-11(7-9(12)2)8-13-10(3)14/h5-7H,4,8H2,1-3H3,(H,13,14). The fraction of sp³-hybridized carbons (Fsp3) is 0.417. The lowest BCUT2D eigenvalue weighted by Crippen LogP contribution is -2.18. The van der Waals surface area contributed by atoms with E-state index < -0.39 is 0 Å². The predicted octanol–water partition coefficient (Wildman–Crippen LogP) is 2.03. The third kappa shape index (κ3) is 3.62. The summed E-state index contributed by atoms with van der Waals surface area (Å²) >= 11 is 0.